The Labute approximate surface area is 191 Å². The highest BCUT2D eigenvalue weighted by Crippen LogP contribution is 2.35. The number of benzene rings is 1. The average Bonchev–Trinajstić information content (AvgIpc) is 3.26. The molecule has 2 aliphatic heterocycles. The standard InChI is InChI=1S/C26H34N4O2/c1-18(2)17-24(32)29-15-8-12-22(29)25-27-19(3)21-13-14-23(31)30(26(21)28-25)16-7-11-20-9-5-4-6-10-20/h4-6,9-10,18,22H,7-8,11-17H2,1-3H3. The van der Waals surface area contributed by atoms with Crippen LogP contribution in [-0.4, -0.2) is 39.8 Å². The van der Waals surface area contributed by atoms with Crippen molar-refractivity contribution in [3.63, 3.8) is 0 Å². The summed E-state index contributed by atoms with van der Waals surface area (Å²) in [5.74, 6) is 2.09. The summed E-state index contributed by atoms with van der Waals surface area (Å²) in [7, 11) is 0. The number of carbonyl (C=O) groups excluding carboxylic acids is 2. The minimum absolute atomic E-state index is 0.0894. The van der Waals surface area contributed by atoms with E-state index in [9.17, 15) is 9.59 Å². The molecule has 0 N–H and O–H groups in total. The molecule has 1 aromatic heterocycles. The van der Waals surface area contributed by atoms with Crippen LogP contribution in [0.2, 0.25) is 0 Å². The molecule has 2 aliphatic rings. The molecule has 1 saturated heterocycles. The number of nitrogens with zero attached hydrogens (tertiary/aromatic N) is 4. The topological polar surface area (TPSA) is 66.4 Å². The predicted octanol–water partition coefficient (Wildman–Crippen LogP) is 4.41. The molecular formula is C26H34N4O2. The Kier molecular flexibility index (Phi) is 6.87. The molecule has 0 saturated carbocycles. The van der Waals surface area contributed by atoms with E-state index in [4.69, 9.17) is 9.97 Å². The Bertz CT molecular complexity index is 973. The van der Waals surface area contributed by atoms with Gasteiger partial charge in [-0.3, -0.25) is 14.5 Å². The van der Waals surface area contributed by atoms with Crippen LogP contribution < -0.4 is 4.90 Å². The van der Waals surface area contributed by atoms with Gasteiger partial charge in [-0.2, -0.15) is 0 Å². The molecule has 1 aromatic carbocycles. The van der Waals surface area contributed by atoms with Crippen molar-refractivity contribution in [1.29, 1.82) is 0 Å². The molecule has 0 radical (unpaired) electrons. The van der Waals surface area contributed by atoms with Crippen LogP contribution in [0.15, 0.2) is 30.3 Å². The van der Waals surface area contributed by atoms with Crippen LogP contribution >= 0.6 is 0 Å². The van der Waals surface area contributed by atoms with E-state index in [1.165, 1.54) is 5.56 Å². The molecule has 1 atom stereocenters. The number of hydrogen-bond acceptors (Lipinski definition) is 4. The number of carbonyl (C=O) groups is 2. The lowest BCUT2D eigenvalue weighted by atomic mass is 10.0. The second-order valence-corrected chi connectivity index (χ2v) is 9.45. The monoisotopic (exact) mass is 434 g/mol. The van der Waals surface area contributed by atoms with Crippen LogP contribution in [-0.2, 0) is 22.4 Å². The molecule has 3 heterocycles. The van der Waals surface area contributed by atoms with Gasteiger partial charge in [0.15, 0.2) is 5.82 Å². The zero-order chi connectivity index (χ0) is 22.7. The molecule has 1 unspecified atom stereocenters. The number of rotatable bonds is 7. The van der Waals surface area contributed by atoms with Crippen LogP contribution in [0.4, 0.5) is 5.82 Å². The summed E-state index contributed by atoms with van der Waals surface area (Å²) in [6.07, 6.45) is 5.40. The zero-order valence-corrected chi connectivity index (χ0v) is 19.5. The van der Waals surface area contributed by atoms with E-state index in [0.717, 1.165) is 49.3 Å². The van der Waals surface area contributed by atoms with Gasteiger partial charge in [-0.15, -0.1) is 0 Å². The smallest absolute Gasteiger partial charge is 0.228 e. The summed E-state index contributed by atoms with van der Waals surface area (Å²) in [5, 5.41) is 0. The third-order valence-electron chi connectivity index (χ3n) is 6.50. The maximum absolute atomic E-state index is 12.8. The Morgan fingerprint density at radius 1 is 1.16 bits per heavy atom. The summed E-state index contributed by atoms with van der Waals surface area (Å²) < 4.78 is 0. The Hall–Kier alpha value is -2.76. The van der Waals surface area contributed by atoms with Crippen molar-refractivity contribution in [2.24, 2.45) is 5.92 Å². The number of hydrogen-bond donors (Lipinski definition) is 0. The SMILES string of the molecule is Cc1nc(C2CCCN2C(=O)CC(C)C)nc2c1CCC(=O)N2CCCc1ccccc1. The van der Waals surface area contributed by atoms with Gasteiger partial charge in [0.25, 0.3) is 0 Å². The first-order valence-electron chi connectivity index (χ1n) is 11.9. The highest BCUT2D eigenvalue weighted by molar-refractivity contribution is 5.95. The fraction of sp³-hybridized carbons (Fsp3) is 0.538. The van der Waals surface area contributed by atoms with E-state index in [2.05, 4.69) is 26.0 Å². The van der Waals surface area contributed by atoms with Crippen molar-refractivity contribution in [2.45, 2.75) is 71.8 Å². The summed E-state index contributed by atoms with van der Waals surface area (Å²) in [6, 6.07) is 10.3. The number of likely N-dealkylation sites (tertiary alicyclic amines) is 1. The van der Waals surface area contributed by atoms with E-state index >= 15 is 0 Å². The van der Waals surface area contributed by atoms with E-state index in [1.54, 1.807) is 0 Å². The predicted molar refractivity (Wildman–Crippen MR) is 125 cm³/mol. The molecule has 0 aliphatic carbocycles. The van der Waals surface area contributed by atoms with E-state index < -0.39 is 0 Å². The lowest BCUT2D eigenvalue weighted by Gasteiger charge is -2.31. The molecule has 2 aromatic rings. The first kappa shape index (κ1) is 22.4. The molecule has 6 nitrogen and oxygen atoms in total. The van der Waals surface area contributed by atoms with Crippen LogP contribution in [0.5, 0.6) is 0 Å². The molecule has 32 heavy (non-hydrogen) atoms. The van der Waals surface area contributed by atoms with Gasteiger partial charge in [-0.05, 0) is 50.5 Å². The van der Waals surface area contributed by atoms with Gasteiger partial charge in [0, 0.05) is 37.2 Å². The van der Waals surface area contributed by atoms with Gasteiger partial charge in [0.1, 0.15) is 5.82 Å². The molecule has 6 heteroatoms. The quantitative estimate of drug-likeness (QED) is 0.648. The second-order valence-electron chi connectivity index (χ2n) is 9.45. The average molecular weight is 435 g/mol. The van der Waals surface area contributed by atoms with Crippen molar-refractivity contribution >= 4 is 17.6 Å². The minimum atomic E-state index is -0.0894. The number of anilines is 1. The minimum Gasteiger partial charge on any atom is -0.332 e. The molecule has 4 rings (SSSR count). The summed E-state index contributed by atoms with van der Waals surface area (Å²) >= 11 is 0. The molecule has 1 fully saturated rings. The second kappa shape index (κ2) is 9.80. The van der Waals surface area contributed by atoms with Crippen LogP contribution in [0.3, 0.4) is 0 Å². The highest BCUT2D eigenvalue weighted by atomic mass is 16.2. The fourth-order valence-electron chi connectivity index (χ4n) is 4.87. The van der Waals surface area contributed by atoms with Crippen molar-refractivity contribution < 1.29 is 9.59 Å². The molecule has 0 bridgehead atoms. The van der Waals surface area contributed by atoms with E-state index in [0.29, 0.717) is 37.5 Å². The summed E-state index contributed by atoms with van der Waals surface area (Å²) in [5.41, 5.74) is 3.29. The van der Waals surface area contributed by atoms with Crippen molar-refractivity contribution in [3.05, 3.63) is 53.0 Å². The van der Waals surface area contributed by atoms with E-state index in [-0.39, 0.29) is 17.9 Å². The van der Waals surface area contributed by atoms with E-state index in [1.807, 2.05) is 34.9 Å². The normalized spacial score (nSPS) is 18.4. The Morgan fingerprint density at radius 3 is 2.69 bits per heavy atom. The Balaban J connectivity index is 1.56. The van der Waals surface area contributed by atoms with Crippen molar-refractivity contribution in [1.82, 2.24) is 14.9 Å². The van der Waals surface area contributed by atoms with Gasteiger partial charge >= 0.3 is 0 Å². The summed E-state index contributed by atoms with van der Waals surface area (Å²) in [4.78, 5) is 39.2. The maximum atomic E-state index is 12.8. The third kappa shape index (κ3) is 4.84. The largest absolute Gasteiger partial charge is 0.332 e. The van der Waals surface area contributed by atoms with Gasteiger partial charge in [0.2, 0.25) is 11.8 Å². The molecular weight excluding hydrogens is 400 g/mol. The molecule has 0 spiro atoms. The number of amides is 2. The third-order valence-corrected chi connectivity index (χ3v) is 6.50. The number of fused-ring (bicyclic) bond motifs is 1. The molecule has 170 valence electrons. The van der Waals surface area contributed by atoms with Gasteiger partial charge < -0.3 is 4.90 Å². The Morgan fingerprint density at radius 2 is 1.94 bits per heavy atom. The highest BCUT2D eigenvalue weighted by Gasteiger charge is 2.35. The zero-order valence-electron chi connectivity index (χ0n) is 19.5. The maximum Gasteiger partial charge on any atom is 0.228 e. The van der Waals surface area contributed by atoms with Gasteiger partial charge in [-0.25, -0.2) is 9.97 Å². The summed E-state index contributed by atoms with van der Waals surface area (Å²) in [6.45, 7) is 7.56. The van der Waals surface area contributed by atoms with Crippen molar-refractivity contribution in [3.8, 4) is 0 Å². The van der Waals surface area contributed by atoms with Crippen LogP contribution in [0.25, 0.3) is 0 Å². The van der Waals surface area contributed by atoms with Gasteiger partial charge in [0.05, 0.1) is 6.04 Å². The first-order chi connectivity index (χ1) is 15.4. The number of aryl methyl sites for hydroxylation is 2. The number of aromatic nitrogens is 2. The molecule has 2 amide bonds. The van der Waals surface area contributed by atoms with Crippen LogP contribution in [0.1, 0.15) is 74.6 Å². The lowest BCUT2D eigenvalue weighted by molar-refractivity contribution is -0.133. The van der Waals surface area contributed by atoms with Gasteiger partial charge in [-0.1, -0.05) is 44.2 Å². The lowest BCUT2D eigenvalue weighted by Crippen LogP contribution is -2.38. The van der Waals surface area contributed by atoms with Crippen LogP contribution in [0, 0.1) is 12.8 Å². The first-order valence-corrected chi connectivity index (χ1v) is 11.9. The van der Waals surface area contributed by atoms with Crippen molar-refractivity contribution in [2.75, 3.05) is 18.0 Å². The fourth-order valence-corrected chi connectivity index (χ4v) is 4.87.